The van der Waals surface area contributed by atoms with E-state index in [4.69, 9.17) is 4.74 Å². The molecular weight excluding hydrogens is 326 g/mol. The maximum absolute atomic E-state index is 12.7. The van der Waals surface area contributed by atoms with Crippen LogP contribution in [-0.4, -0.2) is 39.8 Å². The summed E-state index contributed by atoms with van der Waals surface area (Å²) in [6.07, 6.45) is 2.19. The number of aromatic nitrogens is 2. The van der Waals surface area contributed by atoms with Crippen LogP contribution >= 0.6 is 0 Å². The van der Waals surface area contributed by atoms with Crippen molar-refractivity contribution in [2.75, 3.05) is 13.1 Å². The largest absolute Gasteiger partial charge is 0.491 e. The molecule has 140 valence electrons. The second-order valence-corrected chi connectivity index (χ2v) is 7.54. The highest BCUT2D eigenvalue weighted by atomic mass is 16.5. The molecule has 3 rings (SSSR count). The van der Waals surface area contributed by atoms with Crippen molar-refractivity contribution in [2.45, 2.75) is 53.2 Å². The molecule has 1 aromatic heterocycles. The van der Waals surface area contributed by atoms with Crippen LogP contribution < -0.4 is 4.74 Å². The Hall–Kier alpha value is -2.30. The molecule has 0 spiro atoms. The second-order valence-electron chi connectivity index (χ2n) is 7.54. The van der Waals surface area contributed by atoms with Gasteiger partial charge in [0, 0.05) is 30.9 Å². The summed E-state index contributed by atoms with van der Waals surface area (Å²) >= 11 is 0. The Balaban J connectivity index is 1.54. The smallest absolute Gasteiger partial charge is 0.253 e. The Morgan fingerprint density at radius 2 is 1.85 bits per heavy atom. The van der Waals surface area contributed by atoms with Gasteiger partial charge in [-0.15, -0.1) is 0 Å². The fourth-order valence-corrected chi connectivity index (χ4v) is 3.55. The Labute approximate surface area is 156 Å². The molecule has 26 heavy (non-hydrogen) atoms. The summed E-state index contributed by atoms with van der Waals surface area (Å²) in [5.41, 5.74) is 3.02. The standard InChI is InChI=1S/C21H29N3O2/c1-15(2)26-20-7-5-19(6-8-20)21(25)23-11-9-18(10-12-23)14-24-17(4)13-16(3)22-24/h5-8,13,15,18H,9-12,14H2,1-4H3. The topological polar surface area (TPSA) is 47.4 Å². The molecule has 0 radical (unpaired) electrons. The van der Waals surface area contributed by atoms with Gasteiger partial charge in [0.1, 0.15) is 5.75 Å². The molecule has 1 aromatic carbocycles. The van der Waals surface area contributed by atoms with Crippen molar-refractivity contribution >= 4 is 5.91 Å². The minimum atomic E-state index is 0.116. The van der Waals surface area contributed by atoms with Crippen LogP contribution in [0.4, 0.5) is 0 Å². The van der Waals surface area contributed by atoms with E-state index < -0.39 is 0 Å². The van der Waals surface area contributed by atoms with Crippen LogP contribution in [0.2, 0.25) is 0 Å². The summed E-state index contributed by atoms with van der Waals surface area (Å²) in [4.78, 5) is 14.7. The zero-order chi connectivity index (χ0) is 18.7. The van der Waals surface area contributed by atoms with Gasteiger partial charge in [-0.25, -0.2) is 0 Å². The number of hydrogen-bond acceptors (Lipinski definition) is 3. The minimum Gasteiger partial charge on any atom is -0.491 e. The van der Waals surface area contributed by atoms with Gasteiger partial charge in [-0.1, -0.05) is 0 Å². The molecule has 0 bridgehead atoms. The van der Waals surface area contributed by atoms with Gasteiger partial charge in [0.15, 0.2) is 0 Å². The maximum Gasteiger partial charge on any atom is 0.253 e. The average Bonchev–Trinajstić information content (AvgIpc) is 2.92. The number of benzene rings is 1. The molecule has 0 atom stereocenters. The number of likely N-dealkylation sites (tertiary alicyclic amines) is 1. The van der Waals surface area contributed by atoms with Gasteiger partial charge in [0.25, 0.3) is 5.91 Å². The maximum atomic E-state index is 12.7. The van der Waals surface area contributed by atoms with Crippen LogP contribution in [0.25, 0.3) is 0 Å². The molecule has 5 heteroatoms. The van der Waals surface area contributed by atoms with Crippen molar-refractivity contribution in [2.24, 2.45) is 5.92 Å². The number of ether oxygens (including phenoxy) is 1. The fourth-order valence-electron chi connectivity index (χ4n) is 3.55. The second kappa shape index (κ2) is 7.94. The van der Waals surface area contributed by atoms with Crippen LogP contribution in [0, 0.1) is 19.8 Å². The molecule has 1 fully saturated rings. The average molecular weight is 355 g/mol. The molecule has 2 heterocycles. The summed E-state index contributed by atoms with van der Waals surface area (Å²) in [7, 11) is 0. The van der Waals surface area contributed by atoms with Gasteiger partial charge in [-0.3, -0.25) is 9.48 Å². The third-order valence-corrected chi connectivity index (χ3v) is 4.91. The monoisotopic (exact) mass is 355 g/mol. The van der Waals surface area contributed by atoms with Crippen molar-refractivity contribution in [3.05, 3.63) is 47.3 Å². The van der Waals surface area contributed by atoms with Crippen LogP contribution in [0.1, 0.15) is 48.4 Å². The van der Waals surface area contributed by atoms with Crippen molar-refractivity contribution in [3.63, 3.8) is 0 Å². The number of hydrogen-bond donors (Lipinski definition) is 0. The van der Waals surface area contributed by atoms with E-state index in [-0.39, 0.29) is 12.0 Å². The van der Waals surface area contributed by atoms with Crippen LogP contribution in [-0.2, 0) is 6.54 Å². The first-order valence-electron chi connectivity index (χ1n) is 9.49. The highest BCUT2D eigenvalue weighted by Gasteiger charge is 2.24. The molecular formula is C21H29N3O2. The van der Waals surface area contributed by atoms with E-state index in [1.165, 1.54) is 5.69 Å². The minimum absolute atomic E-state index is 0.116. The van der Waals surface area contributed by atoms with E-state index in [1.807, 2.05) is 49.9 Å². The summed E-state index contributed by atoms with van der Waals surface area (Å²) in [5.74, 6) is 1.50. The lowest BCUT2D eigenvalue weighted by atomic mass is 9.96. The molecule has 1 aliphatic rings. The van der Waals surface area contributed by atoms with Gasteiger partial charge in [-0.05, 0) is 76.8 Å². The molecule has 2 aromatic rings. The molecule has 1 amide bonds. The van der Waals surface area contributed by atoms with Gasteiger partial charge in [0.2, 0.25) is 0 Å². The lowest BCUT2D eigenvalue weighted by Crippen LogP contribution is -2.39. The normalized spacial score (nSPS) is 15.5. The highest BCUT2D eigenvalue weighted by molar-refractivity contribution is 5.94. The summed E-state index contributed by atoms with van der Waals surface area (Å²) < 4.78 is 7.75. The first kappa shape index (κ1) is 18.5. The van der Waals surface area contributed by atoms with E-state index >= 15 is 0 Å². The first-order chi connectivity index (χ1) is 12.4. The van der Waals surface area contributed by atoms with Gasteiger partial charge < -0.3 is 9.64 Å². The lowest BCUT2D eigenvalue weighted by molar-refractivity contribution is 0.0681. The van der Waals surface area contributed by atoms with E-state index in [1.54, 1.807) is 0 Å². The number of carbonyl (C=O) groups is 1. The number of amides is 1. The van der Waals surface area contributed by atoms with Gasteiger partial charge >= 0.3 is 0 Å². The molecule has 0 saturated carbocycles. The molecule has 0 aliphatic carbocycles. The molecule has 1 saturated heterocycles. The predicted molar refractivity (Wildman–Crippen MR) is 103 cm³/mol. The molecule has 5 nitrogen and oxygen atoms in total. The van der Waals surface area contributed by atoms with Crippen molar-refractivity contribution in [1.29, 1.82) is 0 Å². The first-order valence-corrected chi connectivity index (χ1v) is 9.49. The zero-order valence-electron chi connectivity index (χ0n) is 16.2. The zero-order valence-corrected chi connectivity index (χ0v) is 16.2. The number of nitrogens with zero attached hydrogens (tertiary/aromatic N) is 3. The van der Waals surface area contributed by atoms with Crippen LogP contribution in [0.3, 0.4) is 0 Å². The number of carbonyl (C=O) groups excluding carboxylic acids is 1. The Kier molecular flexibility index (Phi) is 5.64. The van der Waals surface area contributed by atoms with E-state index in [0.29, 0.717) is 5.92 Å². The van der Waals surface area contributed by atoms with Crippen LogP contribution in [0.15, 0.2) is 30.3 Å². The van der Waals surface area contributed by atoms with Gasteiger partial charge in [0.05, 0.1) is 11.8 Å². The fraction of sp³-hybridized carbons (Fsp3) is 0.524. The van der Waals surface area contributed by atoms with E-state index in [9.17, 15) is 4.79 Å². The quantitative estimate of drug-likeness (QED) is 0.819. The predicted octanol–water partition coefficient (Wildman–Crippen LogP) is 3.84. The molecule has 0 unspecified atom stereocenters. The summed E-state index contributed by atoms with van der Waals surface area (Å²) in [6.45, 7) is 10.7. The van der Waals surface area contributed by atoms with Crippen molar-refractivity contribution in [3.8, 4) is 5.75 Å². The number of aryl methyl sites for hydroxylation is 2. The summed E-state index contributed by atoms with van der Waals surface area (Å²) in [5, 5.41) is 4.56. The number of piperidine rings is 1. The Morgan fingerprint density at radius 3 is 2.38 bits per heavy atom. The molecule has 0 N–H and O–H groups in total. The van der Waals surface area contributed by atoms with E-state index in [0.717, 1.165) is 49.5 Å². The van der Waals surface area contributed by atoms with Crippen molar-refractivity contribution < 1.29 is 9.53 Å². The summed E-state index contributed by atoms with van der Waals surface area (Å²) in [6, 6.07) is 9.60. The Morgan fingerprint density at radius 1 is 1.19 bits per heavy atom. The van der Waals surface area contributed by atoms with Crippen LogP contribution in [0.5, 0.6) is 5.75 Å². The lowest BCUT2D eigenvalue weighted by Gasteiger charge is -2.32. The molecule has 1 aliphatic heterocycles. The van der Waals surface area contributed by atoms with Gasteiger partial charge in [-0.2, -0.15) is 5.10 Å². The highest BCUT2D eigenvalue weighted by Crippen LogP contribution is 2.22. The third kappa shape index (κ3) is 4.45. The van der Waals surface area contributed by atoms with E-state index in [2.05, 4.69) is 22.8 Å². The Bertz CT molecular complexity index is 741. The third-order valence-electron chi connectivity index (χ3n) is 4.91. The SMILES string of the molecule is Cc1cc(C)n(CC2CCN(C(=O)c3ccc(OC(C)C)cc3)CC2)n1. The van der Waals surface area contributed by atoms with Crippen molar-refractivity contribution in [1.82, 2.24) is 14.7 Å². The number of rotatable bonds is 5.